The molecule has 2 atom stereocenters. The van der Waals surface area contributed by atoms with Crippen molar-refractivity contribution in [2.24, 2.45) is 0 Å². The molecule has 0 radical (unpaired) electrons. The molecule has 2 aromatic carbocycles. The van der Waals surface area contributed by atoms with Gasteiger partial charge in [-0.25, -0.2) is 0 Å². The van der Waals surface area contributed by atoms with Gasteiger partial charge < -0.3 is 19.9 Å². The molecule has 178 valence electrons. The Morgan fingerprint density at radius 2 is 1.82 bits per heavy atom. The van der Waals surface area contributed by atoms with Gasteiger partial charge in [-0.05, 0) is 49.1 Å². The molecule has 3 aliphatic rings. The van der Waals surface area contributed by atoms with Gasteiger partial charge in [0.25, 0.3) is 0 Å². The molecule has 2 bridgehead atoms. The van der Waals surface area contributed by atoms with Crippen LogP contribution in [0.15, 0.2) is 36.4 Å². The molecule has 2 fully saturated rings. The maximum absolute atomic E-state index is 5.57. The van der Waals surface area contributed by atoms with Crippen LogP contribution in [0.25, 0.3) is 10.8 Å². The van der Waals surface area contributed by atoms with Gasteiger partial charge in [0.1, 0.15) is 5.82 Å². The number of ether oxygens (including phenoxy) is 1. The highest BCUT2D eigenvalue weighted by Crippen LogP contribution is 2.36. The second-order valence-corrected chi connectivity index (χ2v) is 10.1. The van der Waals surface area contributed by atoms with E-state index in [4.69, 9.17) is 14.7 Å². The number of fused-ring (bicyclic) bond motifs is 4. The molecule has 1 N–H and O–H groups in total. The van der Waals surface area contributed by atoms with Crippen LogP contribution in [0.3, 0.4) is 0 Å². The maximum Gasteiger partial charge on any atom is 0.318 e. The highest BCUT2D eigenvalue weighted by Gasteiger charge is 2.35. The van der Waals surface area contributed by atoms with Gasteiger partial charge in [-0.1, -0.05) is 43.7 Å². The fourth-order valence-corrected chi connectivity index (χ4v) is 6.15. The van der Waals surface area contributed by atoms with Crippen molar-refractivity contribution in [3.63, 3.8) is 0 Å². The summed E-state index contributed by atoms with van der Waals surface area (Å²) in [5.41, 5.74) is 5.21. The fraction of sp³-hybridized carbons (Fsp3) is 0.500. The first-order valence-corrected chi connectivity index (χ1v) is 12.9. The Balaban J connectivity index is 1.36. The van der Waals surface area contributed by atoms with E-state index in [0.29, 0.717) is 18.1 Å². The van der Waals surface area contributed by atoms with Crippen molar-refractivity contribution in [2.75, 3.05) is 36.5 Å². The molecule has 4 heterocycles. The molecule has 6 rings (SSSR count). The van der Waals surface area contributed by atoms with Crippen LogP contribution in [0.5, 0.6) is 6.01 Å². The van der Waals surface area contributed by atoms with Gasteiger partial charge in [0.2, 0.25) is 0 Å². The summed E-state index contributed by atoms with van der Waals surface area (Å²) in [7, 11) is 1.68. The smallest absolute Gasteiger partial charge is 0.318 e. The number of aromatic nitrogens is 2. The van der Waals surface area contributed by atoms with Crippen molar-refractivity contribution in [3.05, 3.63) is 53.2 Å². The Hall–Kier alpha value is -2.86. The van der Waals surface area contributed by atoms with E-state index in [0.717, 1.165) is 50.5 Å². The monoisotopic (exact) mass is 457 g/mol. The summed E-state index contributed by atoms with van der Waals surface area (Å²) in [6.45, 7) is 6.09. The van der Waals surface area contributed by atoms with E-state index in [1.54, 1.807) is 7.11 Å². The molecule has 34 heavy (non-hydrogen) atoms. The van der Waals surface area contributed by atoms with Crippen LogP contribution in [0, 0.1) is 0 Å². The van der Waals surface area contributed by atoms with Gasteiger partial charge in [-0.3, -0.25) is 0 Å². The van der Waals surface area contributed by atoms with Crippen LogP contribution in [-0.4, -0.2) is 48.8 Å². The van der Waals surface area contributed by atoms with Crippen LogP contribution in [0.1, 0.15) is 49.4 Å². The minimum absolute atomic E-state index is 0.489. The molecular formula is C28H35N5O. The Kier molecular flexibility index (Phi) is 5.77. The first kappa shape index (κ1) is 21.7. The van der Waals surface area contributed by atoms with Gasteiger partial charge in [-0.15, -0.1) is 0 Å². The Morgan fingerprint density at radius 3 is 2.59 bits per heavy atom. The Morgan fingerprint density at radius 1 is 1.03 bits per heavy atom. The van der Waals surface area contributed by atoms with E-state index in [9.17, 15) is 0 Å². The third-order valence-corrected chi connectivity index (χ3v) is 7.83. The maximum atomic E-state index is 5.57. The zero-order valence-electron chi connectivity index (χ0n) is 20.4. The highest BCUT2D eigenvalue weighted by atomic mass is 16.5. The zero-order valence-corrected chi connectivity index (χ0v) is 20.4. The van der Waals surface area contributed by atoms with Crippen LogP contribution in [-0.2, 0) is 19.4 Å². The number of hydrogen-bond acceptors (Lipinski definition) is 6. The largest absolute Gasteiger partial charge is 0.467 e. The number of rotatable bonds is 6. The Labute approximate surface area is 202 Å². The molecule has 0 aliphatic carbocycles. The van der Waals surface area contributed by atoms with Crippen LogP contribution in [0.4, 0.5) is 11.5 Å². The predicted octanol–water partition coefficient (Wildman–Crippen LogP) is 4.48. The molecule has 6 nitrogen and oxygen atoms in total. The van der Waals surface area contributed by atoms with Gasteiger partial charge in [0.05, 0.1) is 19.3 Å². The van der Waals surface area contributed by atoms with Crippen molar-refractivity contribution in [2.45, 2.75) is 64.1 Å². The standard InChI is InChI=1S/C28H35N5O/c1-3-4-7-19-8-5-9-20-10-6-11-25(26(19)20)32-15-14-23-24(18-32)30-28(34-2)31-27(23)33-16-21-12-13-22(17-33)29-21/h5-6,8-11,21-22,29H,3-4,7,12-18H2,1-2H3. The molecular weight excluding hydrogens is 422 g/mol. The van der Waals surface area contributed by atoms with Gasteiger partial charge in [0.15, 0.2) is 0 Å². The molecule has 2 unspecified atom stereocenters. The first-order valence-electron chi connectivity index (χ1n) is 12.9. The van der Waals surface area contributed by atoms with E-state index in [1.165, 1.54) is 53.3 Å². The van der Waals surface area contributed by atoms with Crippen molar-refractivity contribution < 1.29 is 4.74 Å². The number of methoxy groups -OCH3 is 1. The summed E-state index contributed by atoms with van der Waals surface area (Å²) in [6, 6.07) is 15.1. The minimum atomic E-state index is 0.489. The van der Waals surface area contributed by atoms with Gasteiger partial charge in [-0.2, -0.15) is 9.97 Å². The molecule has 6 heteroatoms. The lowest BCUT2D eigenvalue weighted by molar-refractivity contribution is 0.374. The van der Waals surface area contributed by atoms with Crippen molar-refractivity contribution in [1.82, 2.24) is 15.3 Å². The second-order valence-electron chi connectivity index (χ2n) is 10.1. The molecule has 1 aromatic heterocycles. The third kappa shape index (κ3) is 3.88. The molecule has 0 amide bonds. The zero-order chi connectivity index (χ0) is 23.1. The highest BCUT2D eigenvalue weighted by molar-refractivity contribution is 5.97. The average molecular weight is 458 g/mol. The number of benzene rings is 2. The van der Waals surface area contributed by atoms with E-state index >= 15 is 0 Å². The lowest BCUT2D eigenvalue weighted by Crippen LogP contribution is -2.52. The Bertz CT molecular complexity index is 1180. The second kappa shape index (κ2) is 9.06. The summed E-state index contributed by atoms with van der Waals surface area (Å²) in [6.07, 6.45) is 7.05. The number of aryl methyl sites for hydroxylation is 1. The van der Waals surface area contributed by atoms with E-state index < -0.39 is 0 Å². The van der Waals surface area contributed by atoms with Crippen molar-refractivity contribution >= 4 is 22.3 Å². The van der Waals surface area contributed by atoms with Crippen molar-refractivity contribution in [1.29, 1.82) is 0 Å². The third-order valence-electron chi connectivity index (χ3n) is 7.83. The minimum Gasteiger partial charge on any atom is -0.467 e. The first-order chi connectivity index (χ1) is 16.7. The van der Waals surface area contributed by atoms with E-state index in [2.05, 4.69) is 58.4 Å². The van der Waals surface area contributed by atoms with Crippen LogP contribution in [0.2, 0.25) is 0 Å². The predicted molar refractivity (Wildman–Crippen MR) is 138 cm³/mol. The summed E-state index contributed by atoms with van der Waals surface area (Å²) in [5, 5.41) is 6.47. The summed E-state index contributed by atoms with van der Waals surface area (Å²) in [4.78, 5) is 14.7. The molecule has 0 spiro atoms. The normalized spacial score (nSPS) is 21.7. The SMILES string of the molecule is CCCCc1cccc2cccc(N3CCc4c(nc(OC)nc4N4CC5CCC(C4)N5)C3)c12. The van der Waals surface area contributed by atoms with E-state index in [-0.39, 0.29) is 0 Å². The lowest BCUT2D eigenvalue weighted by atomic mass is 9.96. The average Bonchev–Trinajstić information content (AvgIpc) is 3.23. The number of nitrogens with one attached hydrogen (secondary N) is 1. The molecule has 2 saturated heterocycles. The summed E-state index contributed by atoms with van der Waals surface area (Å²) >= 11 is 0. The number of nitrogens with zero attached hydrogens (tertiary/aromatic N) is 4. The summed E-state index contributed by atoms with van der Waals surface area (Å²) < 4.78 is 5.57. The van der Waals surface area contributed by atoms with Crippen molar-refractivity contribution in [3.8, 4) is 6.01 Å². The molecule has 3 aromatic rings. The number of piperazine rings is 1. The fourth-order valence-electron chi connectivity index (χ4n) is 6.15. The number of anilines is 2. The van der Waals surface area contributed by atoms with Gasteiger partial charge >= 0.3 is 6.01 Å². The quantitative estimate of drug-likeness (QED) is 0.589. The van der Waals surface area contributed by atoms with Gasteiger partial charge in [0, 0.05) is 48.4 Å². The molecule has 0 saturated carbocycles. The molecule has 3 aliphatic heterocycles. The number of hydrogen-bond donors (Lipinski definition) is 1. The number of unbranched alkanes of at least 4 members (excludes halogenated alkanes) is 1. The van der Waals surface area contributed by atoms with E-state index in [1.807, 2.05) is 0 Å². The lowest BCUT2D eigenvalue weighted by Gasteiger charge is -2.37. The van der Waals surface area contributed by atoms with Crippen LogP contribution < -0.4 is 19.9 Å². The van der Waals surface area contributed by atoms with Crippen LogP contribution >= 0.6 is 0 Å². The summed E-state index contributed by atoms with van der Waals surface area (Å²) in [5.74, 6) is 1.10. The topological polar surface area (TPSA) is 53.5 Å².